The minimum atomic E-state index is -4.87. The molecule has 0 aromatic heterocycles. The normalized spacial score (nSPS) is 13.2. The Morgan fingerprint density at radius 1 is 0.805 bits per heavy atom. The lowest BCUT2D eigenvalue weighted by Crippen LogP contribution is -2.26. The van der Waals surface area contributed by atoms with Crippen LogP contribution in [0.3, 0.4) is 0 Å². The van der Waals surface area contributed by atoms with Crippen LogP contribution < -0.4 is 10.1 Å². The van der Waals surface area contributed by atoms with Gasteiger partial charge in [0.25, 0.3) is 5.91 Å². The van der Waals surface area contributed by atoms with Crippen LogP contribution in [0.15, 0.2) is 72.8 Å². The van der Waals surface area contributed by atoms with Gasteiger partial charge in [0.05, 0.1) is 6.42 Å². The van der Waals surface area contributed by atoms with Crippen LogP contribution in [0, 0.1) is 0 Å². The zero-order chi connectivity index (χ0) is 29.6. The van der Waals surface area contributed by atoms with Gasteiger partial charge in [-0.15, -0.1) is 13.2 Å². The van der Waals surface area contributed by atoms with Crippen molar-refractivity contribution in [3.05, 3.63) is 106 Å². The summed E-state index contributed by atoms with van der Waals surface area (Å²) in [6.07, 6.45) is -0.106. The second-order valence-electron chi connectivity index (χ2n) is 9.49. The van der Waals surface area contributed by atoms with Gasteiger partial charge in [-0.25, -0.2) is 0 Å². The summed E-state index contributed by atoms with van der Waals surface area (Å²) in [6.45, 7) is -0.0501. The fourth-order valence-electron chi connectivity index (χ4n) is 4.53. The SMILES string of the molecule is O=C(O)CCNC(=O)c1ccc(C(=O)C(=CC(=O)c2ccc(OC(F)(F)F)cc2)c2ccc3c(c2)CCCC3)cc1. The molecule has 0 radical (unpaired) electrons. The molecule has 2 N–H and O–H groups in total. The summed E-state index contributed by atoms with van der Waals surface area (Å²) in [5.74, 6) is -3.09. The number of carbonyl (C=O) groups is 4. The van der Waals surface area contributed by atoms with E-state index in [4.69, 9.17) is 5.11 Å². The fraction of sp³-hybridized carbons (Fsp3) is 0.226. The maximum absolute atomic E-state index is 13.7. The summed E-state index contributed by atoms with van der Waals surface area (Å²) >= 11 is 0. The van der Waals surface area contributed by atoms with Crippen LogP contribution in [-0.2, 0) is 17.6 Å². The molecule has 0 saturated carbocycles. The quantitative estimate of drug-likeness (QED) is 0.237. The maximum Gasteiger partial charge on any atom is 0.573 e. The first-order valence-corrected chi connectivity index (χ1v) is 12.9. The molecular formula is C31H26F3NO6. The van der Waals surface area contributed by atoms with E-state index in [1.807, 2.05) is 12.1 Å². The van der Waals surface area contributed by atoms with E-state index in [1.54, 1.807) is 6.07 Å². The first-order chi connectivity index (χ1) is 19.5. The number of Topliss-reactive ketones (excluding diaryl/α,β-unsaturated/α-hetero) is 1. The average molecular weight is 566 g/mol. The number of ether oxygens (including phenoxy) is 1. The summed E-state index contributed by atoms with van der Waals surface area (Å²) in [5, 5.41) is 11.2. The van der Waals surface area contributed by atoms with Gasteiger partial charge in [0.1, 0.15) is 5.75 Å². The third kappa shape index (κ3) is 7.91. The second-order valence-corrected chi connectivity index (χ2v) is 9.49. The van der Waals surface area contributed by atoms with Crippen molar-refractivity contribution in [1.29, 1.82) is 0 Å². The highest BCUT2D eigenvalue weighted by Gasteiger charge is 2.31. The van der Waals surface area contributed by atoms with E-state index in [-0.39, 0.29) is 35.2 Å². The minimum absolute atomic E-state index is 0.0501. The van der Waals surface area contributed by atoms with Gasteiger partial charge in [-0.1, -0.05) is 30.3 Å². The number of carboxylic acids is 1. The van der Waals surface area contributed by atoms with Crippen molar-refractivity contribution < 1.29 is 42.2 Å². The molecule has 0 atom stereocenters. The van der Waals surface area contributed by atoms with Crippen LogP contribution in [0.1, 0.15) is 67.0 Å². The molecule has 3 aromatic carbocycles. The average Bonchev–Trinajstić information content (AvgIpc) is 2.94. The number of rotatable bonds is 10. The van der Waals surface area contributed by atoms with Crippen molar-refractivity contribution in [3.8, 4) is 5.75 Å². The number of carbonyl (C=O) groups excluding carboxylic acids is 3. The molecule has 7 nitrogen and oxygen atoms in total. The Morgan fingerprint density at radius 3 is 2.02 bits per heavy atom. The van der Waals surface area contributed by atoms with Crippen molar-refractivity contribution in [1.82, 2.24) is 5.32 Å². The van der Waals surface area contributed by atoms with Gasteiger partial charge in [0, 0.05) is 28.8 Å². The van der Waals surface area contributed by atoms with Gasteiger partial charge < -0.3 is 15.2 Å². The number of fused-ring (bicyclic) bond motifs is 1. The summed E-state index contributed by atoms with van der Waals surface area (Å²) in [5.41, 5.74) is 3.38. The van der Waals surface area contributed by atoms with Gasteiger partial charge in [-0.2, -0.15) is 0 Å². The molecule has 212 valence electrons. The molecule has 1 amide bonds. The molecule has 0 aliphatic heterocycles. The summed E-state index contributed by atoms with van der Waals surface area (Å²) in [7, 11) is 0. The zero-order valence-electron chi connectivity index (χ0n) is 21.8. The van der Waals surface area contributed by atoms with Crippen molar-refractivity contribution in [3.63, 3.8) is 0 Å². The highest BCUT2D eigenvalue weighted by Crippen LogP contribution is 2.28. The van der Waals surface area contributed by atoms with Gasteiger partial charge >= 0.3 is 12.3 Å². The lowest BCUT2D eigenvalue weighted by Gasteiger charge is -2.17. The number of hydrogen-bond donors (Lipinski definition) is 2. The number of halogens is 3. The van der Waals surface area contributed by atoms with Crippen LogP contribution in [-0.4, -0.2) is 41.5 Å². The number of aliphatic carboxylic acids is 1. The van der Waals surface area contributed by atoms with Gasteiger partial charge in [-0.3, -0.25) is 19.2 Å². The van der Waals surface area contributed by atoms with E-state index < -0.39 is 35.6 Å². The second kappa shape index (κ2) is 12.6. The number of carboxylic acid groups (broad SMARTS) is 1. The van der Waals surface area contributed by atoms with Crippen LogP contribution in [0.5, 0.6) is 5.75 Å². The number of allylic oxidation sites excluding steroid dienone is 2. The molecule has 0 spiro atoms. The van der Waals surface area contributed by atoms with Crippen LogP contribution in [0.2, 0.25) is 0 Å². The van der Waals surface area contributed by atoms with Crippen molar-refractivity contribution >= 4 is 29.0 Å². The van der Waals surface area contributed by atoms with Gasteiger partial charge in [0.15, 0.2) is 11.6 Å². The molecule has 41 heavy (non-hydrogen) atoms. The van der Waals surface area contributed by atoms with E-state index in [1.165, 1.54) is 48.0 Å². The Morgan fingerprint density at radius 2 is 1.39 bits per heavy atom. The molecule has 1 aliphatic carbocycles. The molecule has 10 heteroatoms. The lowest BCUT2D eigenvalue weighted by molar-refractivity contribution is -0.274. The van der Waals surface area contributed by atoms with Crippen molar-refractivity contribution in [2.75, 3.05) is 6.54 Å². The topological polar surface area (TPSA) is 110 Å². The minimum Gasteiger partial charge on any atom is -0.481 e. The first-order valence-electron chi connectivity index (χ1n) is 12.9. The Hall–Kier alpha value is -4.73. The fourth-order valence-corrected chi connectivity index (χ4v) is 4.53. The van der Waals surface area contributed by atoms with E-state index in [0.29, 0.717) is 5.56 Å². The summed E-state index contributed by atoms with van der Waals surface area (Å²) in [4.78, 5) is 49.8. The van der Waals surface area contributed by atoms with Crippen LogP contribution in [0.25, 0.3) is 5.57 Å². The molecule has 1 aliphatic rings. The Kier molecular flexibility index (Phi) is 9.01. The number of nitrogens with one attached hydrogen (secondary N) is 1. The van der Waals surface area contributed by atoms with E-state index in [9.17, 15) is 32.3 Å². The Bertz CT molecular complexity index is 1490. The summed E-state index contributed by atoms with van der Waals surface area (Å²) in [6, 6.07) is 15.7. The number of benzene rings is 3. The highest BCUT2D eigenvalue weighted by molar-refractivity contribution is 6.32. The number of hydrogen-bond acceptors (Lipinski definition) is 5. The third-order valence-electron chi connectivity index (χ3n) is 6.59. The number of aryl methyl sites for hydroxylation is 2. The number of ketones is 2. The molecule has 0 bridgehead atoms. The zero-order valence-corrected chi connectivity index (χ0v) is 21.8. The Labute approximate surface area is 233 Å². The lowest BCUT2D eigenvalue weighted by atomic mass is 9.87. The largest absolute Gasteiger partial charge is 0.573 e. The summed E-state index contributed by atoms with van der Waals surface area (Å²) < 4.78 is 41.4. The van der Waals surface area contributed by atoms with Gasteiger partial charge in [0.2, 0.25) is 0 Å². The molecule has 0 unspecified atom stereocenters. The molecule has 0 saturated heterocycles. The molecule has 3 aromatic rings. The van der Waals surface area contributed by atoms with Crippen molar-refractivity contribution in [2.45, 2.75) is 38.5 Å². The molecule has 0 heterocycles. The Balaban J connectivity index is 1.63. The van der Waals surface area contributed by atoms with Crippen molar-refractivity contribution in [2.24, 2.45) is 0 Å². The third-order valence-corrected chi connectivity index (χ3v) is 6.59. The predicted molar refractivity (Wildman–Crippen MR) is 144 cm³/mol. The van der Waals surface area contributed by atoms with E-state index in [0.717, 1.165) is 43.4 Å². The number of alkyl halides is 3. The smallest absolute Gasteiger partial charge is 0.481 e. The van der Waals surface area contributed by atoms with Crippen LogP contribution in [0.4, 0.5) is 13.2 Å². The van der Waals surface area contributed by atoms with Gasteiger partial charge in [-0.05, 0) is 84.8 Å². The first kappa shape index (κ1) is 29.3. The van der Waals surface area contributed by atoms with E-state index in [2.05, 4.69) is 10.1 Å². The van der Waals surface area contributed by atoms with Crippen LogP contribution >= 0.6 is 0 Å². The molecule has 0 fully saturated rings. The highest BCUT2D eigenvalue weighted by atomic mass is 19.4. The standard InChI is InChI=1S/C31H26F3NO6/c32-31(33,34)41-25-13-11-20(12-14-25)27(36)18-26(24-10-5-19-3-1-2-4-23(19)17-24)29(39)21-6-8-22(9-7-21)30(40)35-16-15-28(37)38/h5-14,17-18H,1-4,15-16H2,(H,35,40)(H,37,38). The monoisotopic (exact) mass is 565 g/mol. The predicted octanol–water partition coefficient (Wildman–Crippen LogP) is 5.82. The number of amides is 1. The maximum atomic E-state index is 13.7. The molecule has 4 rings (SSSR count). The molecular weight excluding hydrogens is 539 g/mol. The van der Waals surface area contributed by atoms with E-state index >= 15 is 0 Å².